The second-order valence-corrected chi connectivity index (χ2v) is 5.59. The molecule has 0 bridgehead atoms. The number of rotatable bonds is 6. The van der Waals surface area contributed by atoms with Crippen molar-refractivity contribution in [2.45, 2.75) is 13.0 Å². The summed E-state index contributed by atoms with van der Waals surface area (Å²) < 4.78 is 13.2. The molecule has 0 saturated heterocycles. The van der Waals surface area contributed by atoms with E-state index in [9.17, 15) is 9.18 Å². The van der Waals surface area contributed by atoms with Crippen LogP contribution >= 0.6 is 15.9 Å². The predicted octanol–water partition coefficient (Wildman–Crippen LogP) is 3.79. The number of carbonyl (C=O) groups excluding carboxylic acids is 1. The van der Waals surface area contributed by atoms with Gasteiger partial charge in [-0.3, -0.25) is 4.79 Å². The van der Waals surface area contributed by atoms with Crippen molar-refractivity contribution in [2.75, 3.05) is 11.9 Å². The van der Waals surface area contributed by atoms with Gasteiger partial charge in [0.1, 0.15) is 5.82 Å². The summed E-state index contributed by atoms with van der Waals surface area (Å²) in [7, 11) is 0. The smallest absolute Gasteiger partial charge is 0.227 e. The van der Waals surface area contributed by atoms with Crippen LogP contribution in [0.4, 0.5) is 4.39 Å². The van der Waals surface area contributed by atoms with Crippen LogP contribution in [0.3, 0.4) is 0 Å². The van der Waals surface area contributed by atoms with Crippen molar-refractivity contribution in [2.24, 2.45) is 0 Å². The van der Waals surface area contributed by atoms with E-state index in [0.29, 0.717) is 24.0 Å². The Balaban J connectivity index is 2.05. The molecule has 0 heterocycles. The third kappa shape index (κ3) is 4.97. The maximum atomic E-state index is 13.2. The lowest BCUT2D eigenvalue weighted by Gasteiger charge is -2.22. The molecule has 110 valence electrons. The monoisotopic (exact) mass is 349 g/mol. The maximum Gasteiger partial charge on any atom is 0.227 e. The number of amides is 1. The van der Waals surface area contributed by atoms with Crippen LogP contribution in [-0.2, 0) is 17.8 Å². The fraction of sp³-hybridized carbons (Fsp3) is 0.235. The number of hydrogen-bond acceptors (Lipinski definition) is 1. The largest absolute Gasteiger partial charge is 0.337 e. The third-order valence-electron chi connectivity index (χ3n) is 3.17. The van der Waals surface area contributed by atoms with E-state index in [2.05, 4.69) is 15.9 Å². The first-order chi connectivity index (χ1) is 10.2. The first-order valence-corrected chi connectivity index (χ1v) is 7.93. The molecule has 0 fully saturated rings. The molecule has 21 heavy (non-hydrogen) atoms. The molecule has 4 heteroatoms. The van der Waals surface area contributed by atoms with Crippen LogP contribution in [0, 0.1) is 5.82 Å². The maximum absolute atomic E-state index is 13.2. The summed E-state index contributed by atoms with van der Waals surface area (Å²) in [6.45, 7) is 1.20. The highest BCUT2D eigenvalue weighted by Crippen LogP contribution is 2.10. The second kappa shape index (κ2) is 7.93. The fourth-order valence-electron chi connectivity index (χ4n) is 2.13. The summed E-state index contributed by atoms with van der Waals surface area (Å²) in [6.07, 6.45) is 0.220. The number of benzene rings is 2. The lowest BCUT2D eigenvalue weighted by atomic mass is 10.1. The fourth-order valence-corrected chi connectivity index (χ4v) is 2.56. The van der Waals surface area contributed by atoms with Crippen LogP contribution in [0.25, 0.3) is 0 Å². The Hall–Kier alpha value is -1.68. The summed E-state index contributed by atoms with van der Waals surface area (Å²) in [5, 5.41) is 0.717. The van der Waals surface area contributed by atoms with Gasteiger partial charge in [0.05, 0.1) is 6.42 Å². The molecule has 0 aliphatic carbocycles. The SMILES string of the molecule is O=C(Cc1cccc(F)c1)N(CCBr)Cc1ccccc1. The van der Waals surface area contributed by atoms with Crippen LogP contribution in [-0.4, -0.2) is 22.7 Å². The van der Waals surface area contributed by atoms with E-state index < -0.39 is 0 Å². The van der Waals surface area contributed by atoms with Crippen molar-refractivity contribution in [1.29, 1.82) is 0 Å². The van der Waals surface area contributed by atoms with Crippen LogP contribution in [0.5, 0.6) is 0 Å². The van der Waals surface area contributed by atoms with E-state index in [4.69, 9.17) is 0 Å². The molecule has 2 nitrogen and oxygen atoms in total. The summed E-state index contributed by atoms with van der Waals surface area (Å²) in [5.41, 5.74) is 1.79. The molecule has 2 aromatic rings. The van der Waals surface area contributed by atoms with Gasteiger partial charge in [-0.1, -0.05) is 58.4 Å². The lowest BCUT2D eigenvalue weighted by molar-refractivity contribution is -0.130. The highest BCUT2D eigenvalue weighted by Gasteiger charge is 2.14. The third-order valence-corrected chi connectivity index (χ3v) is 3.52. The zero-order chi connectivity index (χ0) is 15.1. The van der Waals surface area contributed by atoms with Crippen molar-refractivity contribution >= 4 is 21.8 Å². The minimum atomic E-state index is -0.310. The molecule has 0 aliphatic heterocycles. The molecular formula is C17H17BrFNO. The molecule has 2 aromatic carbocycles. The van der Waals surface area contributed by atoms with Gasteiger partial charge in [0.2, 0.25) is 5.91 Å². The second-order valence-electron chi connectivity index (χ2n) is 4.80. The standard InChI is InChI=1S/C17H17BrFNO/c18-9-10-20(13-14-5-2-1-3-6-14)17(21)12-15-7-4-8-16(19)11-15/h1-8,11H,9-10,12-13H2. The summed E-state index contributed by atoms with van der Waals surface area (Å²) in [6, 6.07) is 16.1. The van der Waals surface area contributed by atoms with E-state index >= 15 is 0 Å². The van der Waals surface area contributed by atoms with E-state index in [1.165, 1.54) is 12.1 Å². The van der Waals surface area contributed by atoms with Crippen LogP contribution < -0.4 is 0 Å². The average Bonchev–Trinajstić information content (AvgIpc) is 2.48. The Labute approximate surface area is 132 Å². The van der Waals surface area contributed by atoms with Crippen LogP contribution in [0.1, 0.15) is 11.1 Å². The van der Waals surface area contributed by atoms with Gasteiger partial charge >= 0.3 is 0 Å². The molecule has 0 saturated carbocycles. The predicted molar refractivity (Wildman–Crippen MR) is 85.8 cm³/mol. The zero-order valence-corrected chi connectivity index (χ0v) is 13.2. The lowest BCUT2D eigenvalue weighted by Crippen LogP contribution is -2.33. The molecule has 0 aromatic heterocycles. The Morgan fingerprint density at radius 3 is 2.43 bits per heavy atom. The molecule has 2 rings (SSSR count). The summed E-state index contributed by atoms with van der Waals surface area (Å²) in [4.78, 5) is 14.2. The average molecular weight is 350 g/mol. The Morgan fingerprint density at radius 2 is 1.76 bits per heavy atom. The molecule has 0 unspecified atom stereocenters. The molecule has 0 spiro atoms. The topological polar surface area (TPSA) is 20.3 Å². The zero-order valence-electron chi connectivity index (χ0n) is 11.6. The number of alkyl halides is 1. The van der Waals surface area contributed by atoms with Crippen molar-refractivity contribution in [1.82, 2.24) is 4.90 Å². The molecule has 0 radical (unpaired) electrons. The Kier molecular flexibility index (Phi) is 5.93. The van der Waals surface area contributed by atoms with E-state index in [-0.39, 0.29) is 18.1 Å². The summed E-state index contributed by atoms with van der Waals surface area (Å²) in [5.74, 6) is -0.306. The molecular weight excluding hydrogens is 333 g/mol. The first-order valence-electron chi connectivity index (χ1n) is 6.81. The molecule has 0 atom stereocenters. The first kappa shape index (κ1) is 15.7. The normalized spacial score (nSPS) is 10.4. The Morgan fingerprint density at radius 1 is 1.05 bits per heavy atom. The molecule has 1 amide bonds. The van der Waals surface area contributed by atoms with Gasteiger partial charge in [-0.25, -0.2) is 4.39 Å². The van der Waals surface area contributed by atoms with E-state index in [1.54, 1.807) is 17.0 Å². The summed E-state index contributed by atoms with van der Waals surface area (Å²) >= 11 is 3.37. The quantitative estimate of drug-likeness (QED) is 0.726. The number of hydrogen-bond donors (Lipinski definition) is 0. The van der Waals surface area contributed by atoms with Gasteiger partial charge in [0, 0.05) is 18.4 Å². The van der Waals surface area contributed by atoms with Gasteiger partial charge in [-0.2, -0.15) is 0 Å². The molecule has 0 N–H and O–H groups in total. The van der Waals surface area contributed by atoms with Gasteiger partial charge in [-0.05, 0) is 23.3 Å². The van der Waals surface area contributed by atoms with Gasteiger partial charge in [0.25, 0.3) is 0 Å². The van der Waals surface area contributed by atoms with E-state index in [0.717, 1.165) is 5.56 Å². The minimum absolute atomic E-state index is 0.00361. The van der Waals surface area contributed by atoms with Crippen molar-refractivity contribution in [3.05, 3.63) is 71.5 Å². The van der Waals surface area contributed by atoms with Gasteiger partial charge in [0.15, 0.2) is 0 Å². The van der Waals surface area contributed by atoms with Gasteiger partial charge in [-0.15, -0.1) is 0 Å². The minimum Gasteiger partial charge on any atom is -0.337 e. The van der Waals surface area contributed by atoms with Crippen LogP contribution in [0.15, 0.2) is 54.6 Å². The number of carbonyl (C=O) groups is 1. The Bertz CT molecular complexity index is 588. The van der Waals surface area contributed by atoms with Crippen molar-refractivity contribution in [3.8, 4) is 0 Å². The van der Waals surface area contributed by atoms with Crippen molar-refractivity contribution in [3.63, 3.8) is 0 Å². The van der Waals surface area contributed by atoms with Crippen LogP contribution in [0.2, 0.25) is 0 Å². The van der Waals surface area contributed by atoms with Gasteiger partial charge < -0.3 is 4.90 Å². The number of nitrogens with zero attached hydrogens (tertiary/aromatic N) is 1. The highest BCUT2D eigenvalue weighted by molar-refractivity contribution is 9.09. The highest BCUT2D eigenvalue weighted by atomic mass is 79.9. The molecule has 0 aliphatic rings. The van der Waals surface area contributed by atoms with E-state index in [1.807, 2.05) is 30.3 Å². The number of halogens is 2. The van der Waals surface area contributed by atoms with Crippen molar-refractivity contribution < 1.29 is 9.18 Å².